The van der Waals surface area contributed by atoms with Crippen molar-refractivity contribution in [3.8, 4) is 0 Å². The van der Waals surface area contributed by atoms with Crippen LogP contribution in [0.15, 0.2) is 45.5 Å². The Morgan fingerprint density at radius 3 is 2.82 bits per heavy atom. The third-order valence-corrected chi connectivity index (χ3v) is 3.57. The number of benzene rings is 1. The van der Waals surface area contributed by atoms with E-state index in [0.717, 1.165) is 6.07 Å². The second kappa shape index (κ2) is 7.22. The zero-order valence-corrected chi connectivity index (χ0v) is 13.3. The molecule has 5 nitrogen and oxygen atoms in total. The normalized spacial score (nSPS) is 10.3. The molecule has 22 heavy (non-hydrogen) atoms. The van der Waals surface area contributed by atoms with E-state index < -0.39 is 24.3 Å². The molecule has 0 unspecified atom stereocenters. The van der Waals surface area contributed by atoms with Crippen molar-refractivity contribution in [2.75, 3.05) is 13.7 Å². The largest absolute Gasteiger partial charge is 0.467 e. The minimum absolute atomic E-state index is 0.0292. The van der Waals surface area contributed by atoms with Gasteiger partial charge in [0.25, 0.3) is 5.91 Å². The molecule has 0 aliphatic rings. The summed E-state index contributed by atoms with van der Waals surface area (Å²) in [4.78, 5) is 25.1. The van der Waals surface area contributed by atoms with E-state index in [0.29, 0.717) is 10.2 Å². The fourth-order valence-electron chi connectivity index (χ4n) is 1.69. The van der Waals surface area contributed by atoms with Gasteiger partial charge in [0.05, 0.1) is 18.4 Å². The van der Waals surface area contributed by atoms with Crippen LogP contribution in [0.2, 0.25) is 0 Å². The van der Waals surface area contributed by atoms with Crippen molar-refractivity contribution in [2.45, 2.75) is 6.54 Å². The lowest BCUT2D eigenvalue weighted by Crippen LogP contribution is -2.30. The standard InChI is InChI=1S/C15H13BrFNO4/c1-18(8-11-3-2-6-21-11)14(19)9-22-15(20)12-7-10(17)4-5-13(12)16/h2-7H,8-9H2,1H3. The fraction of sp³-hybridized carbons (Fsp3) is 0.200. The maximum atomic E-state index is 13.1. The van der Waals surface area contributed by atoms with E-state index in [1.807, 2.05) is 0 Å². The van der Waals surface area contributed by atoms with Gasteiger partial charge >= 0.3 is 5.97 Å². The van der Waals surface area contributed by atoms with Crippen molar-refractivity contribution in [3.63, 3.8) is 0 Å². The number of hydrogen-bond donors (Lipinski definition) is 0. The number of likely N-dealkylation sites (N-methyl/N-ethyl adjacent to an activating group) is 1. The van der Waals surface area contributed by atoms with Gasteiger partial charge in [0.1, 0.15) is 11.6 Å². The van der Waals surface area contributed by atoms with E-state index in [4.69, 9.17) is 9.15 Å². The van der Waals surface area contributed by atoms with E-state index >= 15 is 0 Å². The van der Waals surface area contributed by atoms with Gasteiger partial charge in [0.2, 0.25) is 0 Å². The van der Waals surface area contributed by atoms with Crippen LogP contribution in [0.5, 0.6) is 0 Å². The summed E-state index contributed by atoms with van der Waals surface area (Å²) in [5.74, 6) is -1.10. The molecule has 116 valence electrons. The number of esters is 1. The first-order valence-corrected chi connectivity index (χ1v) is 7.15. The second-order valence-electron chi connectivity index (χ2n) is 4.53. The third kappa shape index (κ3) is 4.17. The molecule has 1 heterocycles. The number of amides is 1. The van der Waals surface area contributed by atoms with Gasteiger partial charge in [-0.25, -0.2) is 9.18 Å². The minimum Gasteiger partial charge on any atom is -0.467 e. The maximum Gasteiger partial charge on any atom is 0.339 e. The van der Waals surface area contributed by atoms with Crippen LogP contribution in [0.4, 0.5) is 4.39 Å². The molecule has 0 aliphatic heterocycles. The van der Waals surface area contributed by atoms with Crippen LogP contribution in [-0.2, 0) is 16.1 Å². The van der Waals surface area contributed by atoms with Crippen LogP contribution in [-0.4, -0.2) is 30.4 Å². The number of ether oxygens (including phenoxy) is 1. The Kier molecular flexibility index (Phi) is 5.32. The van der Waals surface area contributed by atoms with E-state index in [1.165, 1.54) is 23.3 Å². The summed E-state index contributed by atoms with van der Waals surface area (Å²) < 4.78 is 23.6. The molecule has 0 aliphatic carbocycles. The molecule has 0 bridgehead atoms. The van der Waals surface area contributed by atoms with Crippen molar-refractivity contribution >= 4 is 27.8 Å². The minimum atomic E-state index is -0.772. The molecular formula is C15H13BrFNO4. The van der Waals surface area contributed by atoms with Crippen molar-refractivity contribution in [2.24, 2.45) is 0 Å². The lowest BCUT2D eigenvalue weighted by molar-refractivity contribution is -0.133. The molecule has 0 saturated carbocycles. The van der Waals surface area contributed by atoms with Crippen molar-refractivity contribution < 1.29 is 23.1 Å². The fourth-order valence-corrected chi connectivity index (χ4v) is 2.10. The highest BCUT2D eigenvalue weighted by atomic mass is 79.9. The summed E-state index contributed by atoms with van der Waals surface area (Å²) in [6, 6.07) is 7.11. The molecule has 0 fully saturated rings. The zero-order valence-electron chi connectivity index (χ0n) is 11.7. The molecule has 0 saturated heterocycles. The number of rotatable bonds is 5. The van der Waals surface area contributed by atoms with E-state index in [9.17, 15) is 14.0 Å². The van der Waals surface area contributed by atoms with Crippen LogP contribution in [0.3, 0.4) is 0 Å². The molecule has 0 spiro atoms. The summed E-state index contributed by atoms with van der Waals surface area (Å²) in [6.07, 6.45) is 1.51. The average molecular weight is 370 g/mol. The molecular weight excluding hydrogens is 357 g/mol. The van der Waals surface area contributed by atoms with Gasteiger partial charge < -0.3 is 14.1 Å². The Hall–Kier alpha value is -2.15. The van der Waals surface area contributed by atoms with Crippen LogP contribution >= 0.6 is 15.9 Å². The number of carbonyl (C=O) groups excluding carboxylic acids is 2. The van der Waals surface area contributed by atoms with Crippen LogP contribution in [0.1, 0.15) is 16.1 Å². The molecule has 0 N–H and O–H groups in total. The first kappa shape index (κ1) is 16.2. The predicted octanol–water partition coefficient (Wildman–Crippen LogP) is 3.00. The monoisotopic (exact) mass is 369 g/mol. The summed E-state index contributed by atoms with van der Waals surface area (Å²) in [5.41, 5.74) is 0.0292. The Labute approximate surface area is 134 Å². The maximum absolute atomic E-state index is 13.1. The van der Waals surface area contributed by atoms with Crippen molar-refractivity contribution in [1.82, 2.24) is 4.90 Å². The van der Waals surface area contributed by atoms with Crippen LogP contribution < -0.4 is 0 Å². The number of nitrogens with zero attached hydrogens (tertiary/aromatic N) is 1. The number of carbonyl (C=O) groups is 2. The summed E-state index contributed by atoms with van der Waals surface area (Å²) in [6.45, 7) is -0.161. The Bertz CT molecular complexity index is 672. The number of hydrogen-bond acceptors (Lipinski definition) is 4. The number of furan rings is 1. The van der Waals surface area contributed by atoms with Crippen LogP contribution in [0, 0.1) is 5.82 Å². The highest BCUT2D eigenvalue weighted by Gasteiger charge is 2.17. The van der Waals surface area contributed by atoms with E-state index in [2.05, 4.69) is 15.9 Å². The van der Waals surface area contributed by atoms with E-state index in [1.54, 1.807) is 19.2 Å². The molecule has 7 heteroatoms. The first-order valence-electron chi connectivity index (χ1n) is 6.36. The Morgan fingerprint density at radius 2 is 2.14 bits per heavy atom. The van der Waals surface area contributed by atoms with Crippen molar-refractivity contribution in [1.29, 1.82) is 0 Å². The Morgan fingerprint density at radius 1 is 1.36 bits per heavy atom. The highest BCUT2D eigenvalue weighted by Crippen LogP contribution is 2.18. The van der Waals surface area contributed by atoms with Gasteiger partial charge in [0.15, 0.2) is 6.61 Å². The molecule has 1 amide bonds. The lowest BCUT2D eigenvalue weighted by Gasteiger charge is -2.15. The van der Waals surface area contributed by atoms with Gasteiger partial charge in [-0.05, 0) is 46.3 Å². The van der Waals surface area contributed by atoms with Gasteiger partial charge in [0, 0.05) is 11.5 Å². The van der Waals surface area contributed by atoms with E-state index in [-0.39, 0.29) is 12.1 Å². The smallest absolute Gasteiger partial charge is 0.339 e. The van der Waals surface area contributed by atoms with Gasteiger partial charge in [-0.1, -0.05) is 0 Å². The third-order valence-electron chi connectivity index (χ3n) is 2.87. The van der Waals surface area contributed by atoms with Gasteiger partial charge in [-0.3, -0.25) is 4.79 Å². The topological polar surface area (TPSA) is 59.8 Å². The predicted molar refractivity (Wildman–Crippen MR) is 79.6 cm³/mol. The molecule has 2 aromatic rings. The average Bonchev–Trinajstić information content (AvgIpc) is 2.99. The summed E-state index contributed by atoms with van der Waals surface area (Å²) >= 11 is 3.13. The van der Waals surface area contributed by atoms with Crippen molar-refractivity contribution in [3.05, 3.63) is 58.2 Å². The number of halogens is 2. The molecule has 1 aromatic heterocycles. The van der Waals surface area contributed by atoms with Gasteiger partial charge in [-0.15, -0.1) is 0 Å². The quantitative estimate of drug-likeness (QED) is 0.760. The van der Waals surface area contributed by atoms with Gasteiger partial charge in [-0.2, -0.15) is 0 Å². The second-order valence-corrected chi connectivity index (χ2v) is 5.38. The first-order chi connectivity index (χ1) is 10.5. The molecule has 0 atom stereocenters. The Balaban J connectivity index is 1.90. The summed E-state index contributed by atoms with van der Waals surface area (Å²) in [5, 5.41) is 0. The molecule has 2 rings (SSSR count). The molecule has 1 aromatic carbocycles. The molecule has 0 radical (unpaired) electrons. The highest BCUT2D eigenvalue weighted by molar-refractivity contribution is 9.10. The van der Waals surface area contributed by atoms with Crippen LogP contribution in [0.25, 0.3) is 0 Å². The SMILES string of the molecule is CN(Cc1ccco1)C(=O)COC(=O)c1cc(F)ccc1Br. The zero-order chi connectivity index (χ0) is 16.1. The summed E-state index contributed by atoms with van der Waals surface area (Å²) in [7, 11) is 1.57. The lowest BCUT2D eigenvalue weighted by atomic mass is 10.2.